The van der Waals surface area contributed by atoms with Crippen molar-refractivity contribution in [1.82, 2.24) is 5.32 Å². The maximum atomic E-state index is 12.4. The van der Waals surface area contributed by atoms with Gasteiger partial charge in [0, 0.05) is 11.8 Å². The molecule has 2 aromatic rings. The number of rotatable bonds is 3. The normalized spacial score (nSPS) is 11.6. The van der Waals surface area contributed by atoms with Gasteiger partial charge in [-0.05, 0) is 35.9 Å². The lowest BCUT2D eigenvalue weighted by Gasteiger charge is -2.07. The summed E-state index contributed by atoms with van der Waals surface area (Å²) < 4.78 is 37.2. The van der Waals surface area contributed by atoms with Gasteiger partial charge in [-0.1, -0.05) is 30.3 Å². The molecular weight excluding hydrogens is 279 g/mol. The second kappa shape index (κ2) is 6.26. The Morgan fingerprint density at radius 2 is 1.57 bits per heavy atom. The van der Waals surface area contributed by atoms with Crippen LogP contribution in [0.15, 0.2) is 60.8 Å². The van der Waals surface area contributed by atoms with Gasteiger partial charge in [-0.25, -0.2) is 0 Å². The monoisotopic (exact) mass is 291 g/mol. The topological polar surface area (TPSA) is 29.1 Å². The summed E-state index contributed by atoms with van der Waals surface area (Å²) in [6.45, 7) is 0. The molecule has 2 nitrogen and oxygen atoms in total. The minimum Gasteiger partial charge on any atom is -0.329 e. The number of hydrogen-bond donors (Lipinski definition) is 1. The molecule has 5 heteroatoms. The molecule has 0 bridgehead atoms. The van der Waals surface area contributed by atoms with E-state index in [1.54, 1.807) is 6.08 Å². The Labute approximate surface area is 119 Å². The molecule has 2 aromatic carbocycles. The number of benzene rings is 2. The highest BCUT2D eigenvalue weighted by Gasteiger charge is 2.30. The Morgan fingerprint density at radius 3 is 2.14 bits per heavy atom. The Balaban J connectivity index is 1.99. The summed E-state index contributed by atoms with van der Waals surface area (Å²) in [6, 6.07) is 13.4. The van der Waals surface area contributed by atoms with Gasteiger partial charge in [-0.2, -0.15) is 13.2 Å². The third-order valence-electron chi connectivity index (χ3n) is 2.76. The molecule has 0 aliphatic heterocycles. The molecule has 0 atom stereocenters. The number of halogens is 3. The van der Waals surface area contributed by atoms with Crippen molar-refractivity contribution in [2.75, 3.05) is 0 Å². The molecule has 0 saturated heterocycles. The van der Waals surface area contributed by atoms with E-state index in [0.29, 0.717) is 0 Å². The highest BCUT2D eigenvalue weighted by atomic mass is 19.4. The molecule has 0 aliphatic carbocycles. The van der Waals surface area contributed by atoms with Crippen LogP contribution in [0.5, 0.6) is 0 Å². The smallest absolute Gasteiger partial charge is 0.329 e. The Hall–Kier alpha value is -2.56. The van der Waals surface area contributed by atoms with Gasteiger partial charge in [0.25, 0.3) is 5.91 Å². The zero-order chi connectivity index (χ0) is 15.3. The first-order valence-electron chi connectivity index (χ1n) is 6.16. The zero-order valence-corrected chi connectivity index (χ0v) is 10.9. The summed E-state index contributed by atoms with van der Waals surface area (Å²) in [5.74, 6) is -0.462. The first-order chi connectivity index (χ1) is 9.97. The van der Waals surface area contributed by atoms with Gasteiger partial charge in [0.05, 0.1) is 5.56 Å². The molecule has 2 rings (SSSR count). The molecule has 0 saturated carbocycles. The van der Waals surface area contributed by atoms with Crippen LogP contribution in [0.25, 0.3) is 6.08 Å². The molecule has 0 aromatic heterocycles. The van der Waals surface area contributed by atoms with Crippen LogP contribution in [0.1, 0.15) is 21.5 Å². The van der Waals surface area contributed by atoms with Crippen LogP contribution in [-0.2, 0) is 6.18 Å². The van der Waals surface area contributed by atoms with E-state index in [1.807, 2.05) is 30.3 Å². The number of alkyl halides is 3. The molecule has 21 heavy (non-hydrogen) atoms. The number of nitrogens with one attached hydrogen (secondary N) is 1. The number of carbonyl (C=O) groups is 1. The Bertz CT molecular complexity index is 631. The average molecular weight is 291 g/mol. The molecule has 108 valence electrons. The molecular formula is C16H12F3NO. The zero-order valence-electron chi connectivity index (χ0n) is 10.9. The van der Waals surface area contributed by atoms with Crippen molar-refractivity contribution >= 4 is 12.0 Å². The highest BCUT2D eigenvalue weighted by Crippen LogP contribution is 2.29. The van der Waals surface area contributed by atoms with Gasteiger partial charge in [0.15, 0.2) is 0 Å². The summed E-state index contributed by atoms with van der Waals surface area (Å²) in [6.07, 6.45) is -1.25. The maximum Gasteiger partial charge on any atom is 0.416 e. The van der Waals surface area contributed by atoms with Gasteiger partial charge >= 0.3 is 6.18 Å². The Morgan fingerprint density at radius 1 is 0.952 bits per heavy atom. The van der Waals surface area contributed by atoms with Crippen LogP contribution in [-0.4, -0.2) is 5.91 Å². The second-order valence-corrected chi connectivity index (χ2v) is 4.29. The average Bonchev–Trinajstić information content (AvgIpc) is 2.47. The first kappa shape index (κ1) is 14.8. The van der Waals surface area contributed by atoms with Gasteiger partial charge < -0.3 is 5.32 Å². The predicted octanol–water partition coefficient (Wildman–Crippen LogP) is 4.11. The summed E-state index contributed by atoms with van der Waals surface area (Å²) in [5, 5.41) is 2.50. The quantitative estimate of drug-likeness (QED) is 0.906. The lowest BCUT2D eigenvalue weighted by Crippen LogP contribution is -2.17. The third-order valence-corrected chi connectivity index (χ3v) is 2.76. The fraction of sp³-hybridized carbons (Fsp3) is 0.0625. The molecule has 0 radical (unpaired) electrons. The van der Waals surface area contributed by atoms with Crippen LogP contribution < -0.4 is 5.32 Å². The molecule has 1 N–H and O–H groups in total. The number of carbonyl (C=O) groups excluding carboxylic acids is 1. The molecule has 1 amide bonds. The lowest BCUT2D eigenvalue weighted by atomic mass is 10.1. The van der Waals surface area contributed by atoms with Crippen LogP contribution in [0.2, 0.25) is 0 Å². The number of hydrogen-bond acceptors (Lipinski definition) is 1. The number of amides is 1. The van der Waals surface area contributed by atoms with Crippen molar-refractivity contribution in [1.29, 1.82) is 0 Å². The molecule has 0 aliphatic rings. The van der Waals surface area contributed by atoms with E-state index in [2.05, 4.69) is 5.32 Å². The second-order valence-electron chi connectivity index (χ2n) is 4.29. The van der Waals surface area contributed by atoms with E-state index in [1.165, 1.54) is 6.20 Å². The molecule has 0 spiro atoms. The van der Waals surface area contributed by atoms with Crippen molar-refractivity contribution in [3.8, 4) is 0 Å². The highest BCUT2D eigenvalue weighted by molar-refractivity contribution is 5.95. The van der Waals surface area contributed by atoms with Crippen molar-refractivity contribution in [3.05, 3.63) is 77.5 Å². The van der Waals surface area contributed by atoms with Crippen LogP contribution >= 0.6 is 0 Å². The van der Waals surface area contributed by atoms with Crippen molar-refractivity contribution in [3.63, 3.8) is 0 Å². The van der Waals surface area contributed by atoms with Gasteiger partial charge in [-0.3, -0.25) is 4.79 Å². The largest absolute Gasteiger partial charge is 0.416 e. The SMILES string of the molecule is O=C(NC=Cc1ccccc1)c1ccc(C(F)(F)F)cc1. The van der Waals surface area contributed by atoms with E-state index in [4.69, 9.17) is 0 Å². The fourth-order valence-electron chi connectivity index (χ4n) is 1.67. The lowest BCUT2D eigenvalue weighted by molar-refractivity contribution is -0.137. The van der Waals surface area contributed by atoms with E-state index < -0.39 is 17.6 Å². The van der Waals surface area contributed by atoms with Crippen molar-refractivity contribution < 1.29 is 18.0 Å². The van der Waals surface area contributed by atoms with E-state index in [9.17, 15) is 18.0 Å². The van der Waals surface area contributed by atoms with Crippen molar-refractivity contribution in [2.24, 2.45) is 0 Å². The van der Waals surface area contributed by atoms with E-state index >= 15 is 0 Å². The maximum absolute atomic E-state index is 12.4. The fourth-order valence-corrected chi connectivity index (χ4v) is 1.67. The van der Waals surface area contributed by atoms with E-state index in [-0.39, 0.29) is 5.56 Å². The summed E-state index contributed by atoms with van der Waals surface area (Å²) in [7, 11) is 0. The summed E-state index contributed by atoms with van der Waals surface area (Å²) in [4.78, 5) is 11.8. The van der Waals surface area contributed by atoms with Gasteiger partial charge in [-0.15, -0.1) is 0 Å². The predicted molar refractivity (Wildman–Crippen MR) is 74.4 cm³/mol. The third kappa shape index (κ3) is 4.21. The molecule has 0 heterocycles. The van der Waals surface area contributed by atoms with Crippen molar-refractivity contribution in [2.45, 2.75) is 6.18 Å². The summed E-state index contributed by atoms with van der Waals surface area (Å²) in [5.41, 5.74) is 0.296. The first-order valence-corrected chi connectivity index (χ1v) is 6.16. The standard InChI is InChI=1S/C16H12F3NO/c17-16(18,19)14-8-6-13(7-9-14)15(21)20-11-10-12-4-2-1-3-5-12/h1-11H,(H,20,21). The minimum absolute atomic E-state index is 0.167. The molecule has 0 fully saturated rings. The van der Waals surface area contributed by atoms with Crippen LogP contribution in [0.4, 0.5) is 13.2 Å². The minimum atomic E-state index is -4.40. The van der Waals surface area contributed by atoms with Gasteiger partial charge in [0.1, 0.15) is 0 Å². The van der Waals surface area contributed by atoms with Crippen LogP contribution in [0, 0.1) is 0 Å². The molecule has 0 unspecified atom stereocenters. The van der Waals surface area contributed by atoms with E-state index in [0.717, 1.165) is 29.8 Å². The Kier molecular flexibility index (Phi) is 4.42. The van der Waals surface area contributed by atoms with Gasteiger partial charge in [0.2, 0.25) is 0 Å². The van der Waals surface area contributed by atoms with Crippen LogP contribution in [0.3, 0.4) is 0 Å². The summed E-state index contributed by atoms with van der Waals surface area (Å²) >= 11 is 0.